The van der Waals surface area contributed by atoms with Gasteiger partial charge in [0.25, 0.3) is 5.69 Å². The lowest BCUT2D eigenvalue weighted by Gasteiger charge is -2.00. The Morgan fingerprint density at radius 1 is 1.27 bits per heavy atom. The van der Waals surface area contributed by atoms with E-state index in [4.69, 9.17) is 4.42 Å². The van der Waals surface area contributed by atoms with Crippen molar-refractivity contribution in [1.82, 2.24) is 14.9 Å². The molecule has 0 N–H and O–H groups in total. The molecule has 2 aromatic heterocycles. The van der Waals surface area contributed by atoms with Crippen molar-refractivity contribution in [1.29, 1.82) is 0 Å². The Morgan fingerprint density at radius 3 is 2.77 bits per heavy atom. The zero-order chi connectivity index (χ0) is 15.5. The van der Waals surface area contributed by atoms with E-state index < -0.39 is 4.92 Å². The second-order valence-corrected chi connectivity index (χ2v) is 4.55. The lowest BCUT2D eigenvalue weighted by Crippen LogP contribution is -1.91. The third kappa shape index (κ3) is 2.75. The van der Waals surface area contributed by atoms with Crippen LogP contribution in [0, 0.1) is 17.0 Å². The van der Waals surface area contributed by atoms with Gasteiger partial charge < -0.3 is 4.42 Å². The van der Waals surface area contributed by atoms with Gasteiger partial charge in [0.15, 0.2) is 0 Å². The second-order valence-electron chi connectivity index (χ2n) is 4.55. The maximum absolute atomic E-state index is 11.0. The predicted octanol–water partition coefficient (Wildman–Crippen LogP) is 2.64. The summed E-state index contributed by atoms with van der Waals surface area (Å²) in [5, 5.41) is 22.3. The number of aromatic nitrogens is 3. The summed E-state index contributed by atoms with van der Waals surface area (Å²) in [6.45, 7) is 1.70. The first-order valence-corrected chi connectivity index (χ1v) is 6.38. The minimum absolute atomic E-state index is 0.0635. The van der Waals surface area contributed by atoms with Crippen LogP contribution in [0.3, 0.4) is 0 Å². The fourth-order valence-corrected chi connectivity index (χ4v) is 1.92. The van der Waals surface area contributed by atoms with Crippen molar-refractivity contribution in [3.05, 3.63) is 64.4 Å². The summed E-state index contributed by atoms with van der Waals surface area (Å²) >= 11 is 0. The maximum Gasteiger partial charge on any atom is 0.273 e. The van der Waals surface area contributed by atoms with E-state index in [2.05, 4.69) is 15.3 Å². The lowest BCUT2D eigenvalue weighted by molar-refractivity contribution is -0.385. The molecule has 0 saturated carbocycles. The fraction of sp³-hybridized carbons (Fsp3) is 0.0714. The second kappa shape index (κ2) is 5.60. The van der Waals surface area contributed by atoms with Crippen LogP contribution in [0.2, 0.25) is 0 Å². The van der Waals surface area contributed by atoms with Crippen LogP contribution >= 0.6 is 0 Å². The molecule has 0 spiro atoms. The van der Waals surface area contributed by atoms with Gasteiger partial charge in [-0.3, -0.25) is 10.1 Å². The van der Waals surface area contributed by atoms with Crippen molar-refractivity contribution >= 4 is 11.9 Å². The first kappa shape index (κ1) is 13.7. The minimum Gasteiger partial charge on any atom is -0.455 e. The third-order valence-electron chi connectivity index (χ3n) is 3.04. The molecule has 0 fully saturated rings. The first-order chi connectivity index (χ1) is 10.6. The monoisotopic (exact) mass is 297 g/mol. The van der Waals surface area contributed by atoms with Gasteiger partial charge in [0.2, 0.25) is 0 Å². The van der Waals surface area contributed by atoms with Crippen molar-refractivity contribution in [2.75, 3.05) is 0 Å². The van der Waals surface area contributed by atoms with Crippen LogP contribution in [-0.4, -0.2) is 26.0 Å². The highest BCUT2D eigenvalue weighted by Crippen LogP contribution is 2.27. The van der Waals surface area contributed by atoms with E-state index in [1.807, 2.05) is 0 Å². The van der Waals surface area contributed by atoms with Crippen LogP contribution in [0.15, 0.2) is 52.5 Å². The fourth-order valence-electron chi connectivity index (χ4n) is 1.92. The standard InChI is InChI=1S/C14H11N5O3/c1-10-2-3-11(6-13(10)19(20)21)14-5-4-12(22-14)7-17-18-8-15-16-9-18/h2-9H,1H3/b17-7-. The molecular formula is C14H11N5O3. The highest BCUT2D eigenvalue weighted by molar-refractivity contribution is 5.77. The molecule has 0 bridgehead atoms. The van der Waals surface area contributed by atoms with Crippen LogP contribution in [0.1, 0.15) is 11.3 Å². The number of hydrogen-bond donors (Lipinski definition) is 0. The Kier molecular flexibility index (Phi) is 3.48. The summed E-state index contributed by atoms with van der Waals surface area (Å²) in [5.74, 6) is 1.06. The van der Waals surface area contributed by atoms with E-state index in [-0.39, 0.29) is 5.69 Å². The molecule has 2 heterocycles. The SMILES string of the molecule is Cc1ccc(-c2ccc(/C=N\n3cnnc3)o2)cc1[N+](=O)[O-]. The summed E-state index contributed by atoms with van der Waals surface area (Å²) in [6.07, 6.45) is 4.41. The van der Waals surface area contributed by atoms with Crippen LogP contribution in [-0.2, 0) is 0 Å². The molecule has 3 aromatic rings. The summed E-state index contributed by atoms with van der Waals surface area (Å²) in [4.78, 5) is 10.6. The van der Waals surface area contributed by atoms with Gasteiger partial charge in [0.1, 0.15) is 24.2 Å². The van der Waals surface area contributed by atoms with Gasteiger partial charge in [-0.1, -0.05) is 12.1 Å². The van der Waals surface area contributed by atoms with E-state index in [1.54, 1.807) is 31.2 Å². The molecule has 0 radical (unpaired) electrons. The summed E-state index contributed by atoms with van der Waals surface area (Å²) in [5.41, 5.74) is 1.31. The van der Waals surface area contributed by atoms with E-state index in [0.717, 1.165) is 0 Å². The molecule has 110 valence electrons. The largest absolute Gasteiger partial charge is 0.455 e. The van der Waals surface area contributed by atoms with Gasteiger partial charge >= 0.3 is 0 Å². The molecule has 0 aliphatic heterocycles. The number of benzene rings is 1. The smallest absolute Gasteiger partial charge is 0.273 e. The van der Waals surface area contributed by atoms with Gasteiger partial charge in [-0.25, -0.2) is 4.68 Å². The third-order valence-corrected chi connectivity index (χ3v) is 3.04. The topological polar surface area (TPSA) is 99.3 Å². The Balaban J connectivity index is 1.87. The van der Waals surface area contributed by atoms with E-state index in [0.29, 0.717) is 22.6 Å². The highest BCUT2D eigenvalue weighted by Gasteiger charge is 2.13. The molecule has 0 aliphatic rings. The Bertz CT molecular complexity index is 836. The van der Waals surface area contributed by atoms with Crippen molar-refractivity contribution in [3.8, 4) is 11.3 Å². The average Bonchev–Trinajstić information content (AvgIpc) is 3.17. The van der Waals surface area contributed by atoms with Crippen molar-refractivity contribution in [3.63, 3.8) is 0 Å². The molecular weight excluding hydrogens is 286 g/mol. The number of rotatable bonds is 4. The summed E-state index contributed by atoms with van der Waals surface area (Å²) in [7, 11) is 0. The molecule has 3 rings (SSSR count). The van der Waals surface area contributed by atoms with Gasteiger partial charge in [0, 0.05) is 17.2 Å². The molecule has 0 atom stereocenters. The number of nitro groups is 1. The van der Waals surface area contributed by atoms with Crippen LogP contribution in [0.25, 0.3) is 11.3 Å². The van der Waals surface area contributed by atoms with Gasteiger partial charge in [-0.2, -0.15) is 5.10 Å². The average molecular weight is 297 g/mol. The maximum atomic E-state index is 11.0. The molecule has 0 saturated heterocycles. The van der Waals surface area contributed by atoms with Crippen LogP contribution < -0.4 is 0 Å². The predicted molar refractivity (Wildman–Crippen MR) is 78.5 cm³/mol. The number of hydrogen-bond acceptors (Lipinski definition) is 6. The van der Waals surface area contributed by atoms with Crippen molar-refractivity contribution < 1.29 is 9.34 Å². The van der Waals surface area contributed by atoms with Crippen LogP contribution in [0.5, 0.6) is 0 Å². The van der Waals surface area contributed by atoms with Crippen molar-refractivity contribution in [2.24, 2.45) is 5.10 Å². The van der Waals surface area contributed by atoms with Crippen molar-refractivity contribution in [2.45, 2.75) is 6.92 Å². The Hall–Kier alpha value is -3.29. The van der Waals surface area contributed by atoms with Crippen LogP contribution in [0.4, 0.5) is 5.69 Å². The number of aryl methyl sites for hydroxylation is 1. The zero-order valence-electron chi connectivity index (χ0n) is 11.6. The van der Waals surface area contributed by atoms with Gasteiger partial charge in [-0.05, 0) is 19.1 Å². The normalized spacial score (nSPS) is 11.1. The lowest BCUT2D eigenvalue weighted by atomic mass is 10.1. The molecule has 8 nitrogen and oxygen atoms in total. The highest BCUT2D eigenvalue weighted by atomic mass is 16.6. The summed E-state index contributed by atoms with van der Waals surface area (Å²) in [6, 6.07) is 8.44. The van der Waals surface area contributed by atoms with E-state index in [1.165, 1.54) is 29.6 Å². The van der Waals surface area contributed by atoms with E-state index >= 15 is 0 Å². The summed E-state index contributed by atoms with van der Waals surface area (Å²) < 4.78 is 7.05. The molecule has 0 aliphatic carbocycles. The Labute approximate surface area is 124 Å². The molecule has 1 aromatic carbocycles. The number of furan rings is 1. The molecule has 8 heteroatoms. The zero-order valence-corrected chi connectivity index (χ0v) is 11.6. The first-order valence-electron chi connectivity index (χ1n) is 6.38. The molecule has 0 amide bonds. The number of nitro benzene ring substituents is 1. The van der Waals surface area contributed by atoms with Gasteiger partial charge in [0.05, 0.1) is 11.1 Å². The quantitative estimate of drug-likeness (QED) is 0.418. The number of nitrogens with zero attached hydrogens (tertiary/aromatic N) is 5. The molecule has 0 unspecified atom stereocenters. The van der Waals surface area contributed by atoms with Gasteiger partial charge in [-0.15, -0.1) is 10.2 Å². The van der Waals surface area contributed by atoms with E-state index in [9.17, 15) is 10.1 Å². The Morgan fingerprint density at radius 2 is 2.05 bits per heavy atom. The minimum atomic E-state index is -0.407. The molecule has 22 heavy (non-hydrogen) atoms.